The second-order valence-corrected chi connectivity index (χ2v) is 3.01. The molecule has 2 N–H and O–H groups in total. The van der Waals surface area contributed by atoms with E-state index in [2.05, 4.69) is 0 Å². The third-order valence-corrected chi connectivity index (χ3v) is 2.10. The number of rotatable bonds is 2. The van der Waals surface area contributed by atoms with Crippen LogP contribution in [0.4, 0.5) is 0 Å². The SMILES string of the molecule is CC[C@H](C)S(N)=O. The van der Waals surface area contributed by atoms with Crippen LogP contribution in [-0.4, -0.2) is 9.46 Å². The Balaban J connectivity index is 3.34. The van der Waals surface area contributed by atoms with E-state index < -0.39 is 11.0 Å². The molecule has 0 aliphatic rings. The summed E-state index contributed by atoms with van der Waals surface area (Å²) in [5, 5.41) is 5.17. The van der Waals surface area contributed by atoms with E-state index in [-0.39, 0.29) is 5.25 Å². The van der Waals surface area contributed by atoms with E-state index in [0.29, 0.717) is 0 Å². The smallest absolute Gasteiger partial charge is 0.0916 e. The molecule has 0 amide bonds. The Morgan fingerprint density at radius 3 is 2.29 bits per heavy atom. The molecule has 0 aromatic rings. The second kappa shape index (κ2) is 3.16. The maximum atomic E-state index is 10.3. The summed E-state index contributed by atoms with van der Waals surface area (Å²) in [4.78, 5) is 0. The van der Waals surface area contributed by atoms with E-state index in [1.807, 2.05) is 13.8 Å². The average molecular weight is 121 g/mol. The van der Waals surface area contributed by atoms with Crippen LogP contribution in [0.15, 0.2) is 0 Å². The first-order valence-electron chi connectivity index (χ1n) is 2.33. The van der Waals surface area contributed by atoms with Gasteiger partial charge in [0.1, 0.15) is 0 Å². The van der Waals surface area contributed by atoms with Gasteiger partial charge in [0.15, 0.2) is 0 Å². The Morgan fingerprint density at radius 1 is 1.86 bits per heavy atom. The summed E-state index contributed by atoms with van der Waals surface area (Å²) in [6.07, 6.45) is 0.892. The third-order valence-electron chi connectivity index (χ3n) is 0.971. The molecule has 0 aliphatic carbocycles. The van der Waals surface area contributed by atoms with Crippen LogP contribution in [-0.2, 0) is 11.0 Å². The van der Waals surface area contributed by atoms with Gasteiger partial charge in [-0.3, -0.25) is 5.14 Å². The molecule has 0 aromatic carbocycles. The lowest BCUT2D eigenvalue weighted by Crippen LogP contribution is -2.16. The Hall–Kier alpha value is 0.110. The predicted molar refractivity (Wildman–Crippen MR) is 32.1 cm³/mol. The highest BCUT2D eigenvalue weighted by Gasteiger charge is 2.00. The van der Waals surface area contributed by atoms with Crippen LogP contribution in [0.3, 0.4) is 0 Å². The molecule has 0 fully saturated rings. The first-order chi connectivity index (χ1) is 3.18. The van der Waals surface area contributed by atoms with Gasteiger partial charge >= 0.3 is 0 Å². The van der Waals surface area contributed by atoms with E-state index >= 15 is 0 Å². The van der Waals surface area contributed by atoms with E-state index in [9.17, 15) is 4.21 Å². The van der Waals surface area contributed by atoms with Crippen LogP contribution in [0.2, 0.25) is 0 Å². The summed E-state index contributed by atoms with van der Waals surface area (Å²) in [6.45, 7) is 3.84. The molecular formula is C4H11NOS. The molecule has 0 bridgehead atoms. The van der Waals surface area contributed by atoms with Gasteiger partial charge in [-0.2, -0.15) is 0 Å². The molecule has 3 heteroatoms. The minimum atomic E-state index is -1.11. The zero-order chi connectivity index (χ0) is 5.86. The zero-order valence-corrected chi connectivity index (χ0v) is 5.49. The van der Waals surface area contributed by atoms with Crippen LogP contribution >= 0.6 is 0 Å². The summed E-state index contributed by atoms with van der Waals surface area (Å²) >= 11 is 0. The Bertz CT molecular complexity index is 74.1. The van der Waals surface area contributed by atoms with Crippen molar-refractivity contribution >= 4 is 11.0 Å². The van der Waals surface area contributed by atoms with Gasteiger partial charge in [0.05, 0.1) is 11.0 Å². The highest BCUT2D eigenvalue weighted by molar-refractivity contribution is 7.83. The molecule has 7 heavy (non-hydrogen) atoms. The molecular weight excluding hydrogens is 110 g/mol. The van der Waals surface area contributed by atoms with E-state index in [1.165, 1.54) is 0 Å². The van der Waals surface area contributed by atoms with Gasteiger partial charge in [-0.05, 0) is 13.3 Å². The van der Waals surface area contributed by atoms with Crippen molar-refractivity contribution in [3.05, 3.63) is 0 Å². The summed E-state index contributed by atoms with van der Waals surface area (Å²) in [5.41, 5.74) is 0. The van der Waals surface area contributed by atoms with Gasteiger partial charge < -0.3 is 0 Å². The molecule has 1 unspecified atom stereocenters. The normalized spacial score (nSPS) is 18.7. The molecule has 0 aromatic heterocycles. The van der Waals surface area contributed by atoms with Crippen molar-refractivity contribution < 1.29 is 4.21 Å². The van der Waals surface area contributed by atoms with Gasteiger partial charge in [0, 0.05) is 5.25 Å². The summed E-state index contributed by atoms with van der Waals surface area (Å²) in [5.74, 6) is 0. The minimum Gasteiger partial charge on any atom is -0.252 e. The van der Waals surface area contributed by atoms with Crippen molar-refractivity contribution in [3.8, 4) is 0 Å². The standard InChI is InChI=1S/C4H11NOS/c1-3-4(2)7(5)6/h4H,3,5H2,1-2H3/t4-,7?/m0/s1. The molecule has 0 heterocycles. The first-order valence-corrected chi connectivity index (χ1v) is 3.61. The molecule has 0 radical (unpaired) electrons. The fourth-order valence-corrected chi connectivity index (χ4v) is 0.493. The topological polar surface area (TPSA) is 43.1 Å². The molecule has 2 atom stereocenters. The summed E-state index contributed by atoms with van der Waals surface area (Å²) in [7, 11) is -1.11. The predicted octanol–water partition coefficient (Wildman–Crippen LogP) is 0.407. The van der Waals surface area contributed by atoms with E-state index in [0.717, 1.165) is 6.42 Å². The van der Waals surface area contributed by atoms with Crippen LogP contribution in [0, 0.1) is 0 Å². The molecule has 44 valence electrons. The monoisotopic (exact) mass is 121 g/mol. The summed E-state index contributed by atoms with van der Waals surface area (Å²) in [6, 6.07) is 0. The largest absolute Gasteiger partial charge is 0.252 e. The number of hydrogen-bond donors (Lipinski definition) is 1. The molecule has 0 saturated heterocycles. The average Bonchev–Trinajstić information content (AvgIpc) is 1.65. The maximum Gasteiger partial charge on any atom is 0.0916 e. The fraction of sp³-hybridized carbons (Fsp3) is 1.00. The molecule has 0 aliphatic heterocycles. The van der Waals surface area contributed by atoms with Crippen molar-refractivity contribution in [2.75, 3.05) is 0 Å². The lowest BCUT2D eigenvalue weighted by molar-refractivity contribution is 0.671. The van der Waals surface area contributed by atoms with Crippen molar-refractivity contribution in [1.82, 2.24) is 0 Å². The Labute approximate surface area is 46.7 Å². The third kappa shape index (κ3) is 2.76. The second-order valence-electron chi connectivity index (χ2n) is 1.55. The highest BCUT2D eigenvalue weighted by Crippen LogP contribution is 1.92. The maximum absolute atomic E-state index is 10.3. The van der Waals surface area contributed by atoms with Crippen molar-refractivity contribution in [1.29, 1.82) is 0 Å². The van der Waals surface area contributed by atoms with Gasteiger partial charge in [0.25, 0.3) is 0 Å². The number of hydrogen-bond acceptors (Lipinski definition) is 1. The first kappa shape index (κ1) is 7.11. The molecule has 2 nitrogen and oxygen atoms in total. The van der Waals surface area contributed by atoms with Crippen LogP contribution in [0.5, 0.6) is 0 Å². The van der Waals surface area contributed by atoms with Gasteiger partial charge in [-0.25, -0.2) is 4.21 Å². The molecule has 0 saturated carbocycles. The van der Waals surface area contributed by atoms with Crippen LogP contribution < -0.4 is 5.14 Å². The minimum absolute atomic E-state index is 0.153. The number of nitrogens with two attached hydrogens (primary N) is 1. The highest BCUT2D eigenvalue weighted by atomic mass is 32.2. The Kier molecular flexibility index (Phi) is 3.21. The zero-order valence-electron chi connectivity index (χ0n) is 4.68. The Morgan fingerprint density at radius 2 is 2.29 bits per heavy atom. The van der Waals surface area contributed by atoms with Crippen molar-refractivity contribution in [2.24, 2.45) is 5.14 Å². The quantitative estimate of drug-likeness (QED) is 0.565. The van der Waals surface area contributed by atoms with Crippen molar-refractivity contribution in [3.63, 3.8) is 0 Å². The fourth-order valence-electron chi connectivity index (χ4n) is 0.164. The van der Waals surface area contributed by atoms with Gasteiger partial charge in [0.2, 0.25) is 0 Å². The molecule has 0 rings (SSSR count). The van der Waals surface area contributed by atoms with Gasteiger partial charge in [-0.1, -0.05) is 6.92 Å². The molecule has 0 spiro atoms. The lowest BCUT2D eigenvalue weighted by Gasteiger charge is -1.99. The van der Waals surface area contributed by atoms with E-state index in [1.54, 1.807) is 0 Å². The van der Waals surface area contributed by atoms with Crippen LogP contribution in [0.25, 0.3) is 0 Å². The van der Waals surface area contributed by atoms with Crippen LogP contribution in [0.1, 0.15) is 20.3 Å². The van der Waals surface area contributed by atoms with E-state index in [4.69, 9.17) is 5.14 Å². The van der Waals surface area contributed by atoms with Gasteiger partial charge in [-0.15, -0.1) is 0 Å². The van der Waals surface area contributed by atoms with Crippen molar-refractivity contribution in [2.45, 2.75) is 25.5 Å². The lowest BCUT2D eigenvalue weighted by atomic mass is 10.4. The summed E-state index contributed by atoms with van der Waals surface area (Å²) < 4.78 is 10.3.